The van der Waals surface area contributed by atoms with Gasteiger partial charge in [0.2, 0.25) is 0 Å². The van der Waals surface area contributed by atoms with Gasteiger partial charge in [-0.1, -0.05) is 39.0 Å². The normalized spacial score (nSPS) is 10.8. The van der Waals surface area contributed by atoms with Crippen molar-refractivity contribution in [1.82, 2.24) is 0 Å². The Morgan fingerprint density at radius 2 is 1.69 bits per heavy atom. The van der Waals surface area contributed by atoms with Crippen LogP contribution in [0.25, 0.3) is 0 Å². The Kier molecular flexibility index (Phi) is 15.4. The van der Waals surface area contributed by atoms with Crippen LogP contribution >= 0.6 is 8.25 Å². The van der Waals surface area contributed by atoms with Crippen LogP contribution in [0.3, 0.4) is 0 Å². The van der Waals surface area contributed by atoms with Crippen molar-refractivity contribution in [1.29, 1.82) is 0 Å². The SMILES string of the molecule is CCCCCCCCO[P+](=O)O.[Fe]. The van der Waals surface area contributed by atoms with Crippen LogP contribution in [0.15, 0.2) is 0 Å². The molecule has 1 atom stereocenters. The molecular formula is C8H18FeO3P+. The second kappa shape index (κ2) is 12.5. The summed E-state index contributed by atoms with van der Waals surface area (Å²) in [5.74, 6) is 0. The summed E-state index contributed by atoms with van der Waals surface area (Å²) in [7, 11) is -2.38. The molecule has 1 unspecified atom stereocenters. The predicted octanol–water partition coefficient (Wildman–Crippen LogP) is 3.01. The molecule has 80 valence electrons. The van der Waals surface area contributed by atoms with Crippen LogP contribution in [0.1, 0.15) is 45.4 Å². The van der Waals surface area contributed by atoms with Crippen molar-refractivity contribution < 1.29 is 31.1 Å². The monoisotopic (exact) mass is 249 g/mol. The second-order valence-corrected chi connectivity index (χ2v) is 3.57. The fourth-order valence-electron chi connectivity index (χ4n) is 1.03. The van der Waals surface area contributed by atoms with Crippen LogP contribution in [0, 0.1) is 0 Å². The molecule has 0 aliphatic carbocycles. The largest absolute Gasteiger partial charge is 0.694 e. The van der Waals surface area contributed by atoms with Crippen molar-refractivity contribution in [2.75, 3.05) is 6.61 Å². The van der Waals surface area contributed by atoms with E-state index in [-0.39, 0.29) is 17.1 Å². The van der Waals surface area contributed by atoms with E-state index in [1.807, 2.05) is 0 Å². The molecule has 0 aliphatic rings. The van der Waals surface area contributed by atoms with E-state index in [4.69, 9.17) is 4.89 Å². The van der Waals surface area contributed by atoms with Crippen molar-refractivity contribution in [3.8, 4) is 0 Å². The summed E-state index contributed by atoms with van der Waals surface area (Å²) in [6.07, 6.45) is 7.00. The molecule has 0 amide bonds. The molecule has 0 aliphatic heterocycles. The van der Waals surface area contributed by atoms with Crippen LogP contribution < -0.4 is 0 Å². The number of unbranched alkanes of at least 4 members (excludes halogenated alkanes) is 5. The molecule has 0 heterocycles. The maximum atomic E-state index is 10.1. The Balaban J connectivity index is 0. The Morgan fingerprint density at radius 3 is 2.23 bits per heavy atom. The van der Waals surface area contributed by atoms with E-state index in [0.717, 1.165) is 12.8 Å². The molecule has 0 rings (SSSR count). The van der Waals surface area contributed by atoms with Gasteiger partial charge < -0.3 is 0 Å². The number of hydrogen-bond acceptors (Lipinski definition) is 2. The van der Waals surface area contributed by atoms with Gasteiger partial charge in [0, 0.05) is 21.6 Å². The van der Waals surface area contributed by atoms with Gasteiger partial charge in [0.05, 0.1) is 0 Å². The summed E-state index contributed by atoms with van der Waals surface area (Å²) in [6, 6.07) is 0. The Morgan fingerprint density at radius 1 is 1.15 bits per heavy atom. The molecule has 0 spiro atoms. The molecule has 0 bridgehead atoms. The van der Waals surface area contributed by atoms with Gasteiger partial charge in [0.25, 0.3) is 0 Å². The van der Waals surface area contributed by atoms with E-state index in [9.17, 15) is 4.57 Å². The van der Waals surface area contributed by atoms with Crippen molar-refractivity contribution in [2.24, 2.45) is 0 Å². The summed E-state index contributed by atoms with van der Waals surface area (Å²) < 4.78 is 14.6. The van der Waals surface area contributed by atoms with Crippen LogP contribution in [-0.4, -0.2) is 11.5 Å². The van der Waals surface area contributed by atoms with Crippen molar-refractivity contribution in [2.45, 2.75) is 45.4 Å². The standard InChI is InChI=1S/C8H17O3P.Fe/c1-2-3-4-5-6-7-8-11-12(9)10;/h2-8H2,1H3;/p+1. The van der Waals surface area contributed by atoms with Gasteiger partial charge in [0.15, 0.2) is 0 Å². The summed E-state index contributed by atoms with van der Waals surface area (Å²) in [5, 5.41) is 0. The Labute approximate surface area is 91.7 Å². The van der Waals surface area contributed by atoms with E-state index in [1.165, 1.54) is 25.7 Å². The molecule has 0 aromatic heterocycles. The molecule has 3 nitrogen and oxygen atoms in total. The molecule has 5 heteroatoms. The third-order valence-electron chi connectivity index (χ3n) is 1.70. The zero-order valence-corrected chi connectivity index (χ0v) is 10.0. The van der Waals surface area contributed by atoms with E-state index in [2.05, 4.69) is 11.4 Å². The summed E-state index contributed by atoms with van der Waals surface area (Å²) in [4.78, 5) is 8.28. The molecule has 0 aromatic carbocycles. The zero-order valence-electron chi connectivity index (χ0n) is 8.01. The van der Waals surface area contributed by atoms with Crippen molar-refractivity contribution in [3.63, 3.8) is 0 Å². The first-order valence-corrected chi connectivity index (χ1v) is 5.69. The van der Waals surface area contributed by atoms with E-state index in [0.29, 0.717) is 6.61 Å². The molecule has 0 saturated carbocycles. The maximum Gasteiger partial charge on any atom is 0.694 e. The molecule has 0 radical (unpaired) electrons. The van der Waals surface area contributed by atoms with Gasteiger partial charge in [-0.2, -0.15) is 0 Å². The van der Waals surface area contributed by atoms with E-state index < -0.39 is 8.25 Å². The minimum atomic E-state index is -2.38. The first-order chi connectivity index (χ1) is 5.77. The van der Waals surface area contributed by atoms with Crippen LogP contribution in [0.2, 0.25) is 0 Å². The molecule has 1 N–H and O–H groups in total. The molecule has 0 saturated heterocycles. The average Bonchev–Trinajstić information content (AvgIpc) is 2.02. The third kappa shape index (κ3) is 15.3. The number of rotatable bonds is 8. The van der Waals surface area contributed by atoms with Gasteiger partial charge in [-0.3, -0.25) is 0 Å². The first kappa shape index (κ1) is 16.0. The van der Waals surface area contributed by atoms with Crippen molar-refractivity contribution >= 4 is 8.25 Å². The molecule has 0 aromatic rings. The minimum Gasteiger partial charge on any atom is -0.133 e. The summed E-state index contributed by atoms with van der Waals surface area (Å²) in [5.41, 5.74) is 0. The molecular weight excluding hydrogens is 231 g/mol. The topological polar surface area (TPSA) is 46.5 Å². The third-order valence-corrected chi connectivity index (χ3v) is 2.10. The van der Waals surface area contributed by atoms with Gasteiger partial charge in [-0.25, -0.2) is 0 Å². The maximum absolute atomic E-state index is 10.1. The summed E-state index contributed by atoms with van der Waals surface area (Å²) >= 11 is 0. The van der Waals surface area contributed by atoms with Crippen LogP contribution in [0.5, 0.6) is 0 Å². The first-order valence-electron chi connectivity index (χ1n) is 4.56. The average molecular weight is 249 g/mol. The Bertz CT molecular complexity index is 122. The van der Waals surface area contributed by atoms with Gasteiger partial charge in [0.1, 0.15) is 6.61 Å². The number of hydrogen-bond donors (Lipinski definition) is 1. The smallest absolute Gasteiger partial charge is 0.133 e. The molecule has 13 heavy (non-hydrogen) atoms. The quantitative estimate of drug-likeness (QED) is 0.408. The van der Waals surface area contributed by atoms with Gasteiger partial charge in [-0.15, -0.1) is 9.42 Å². The van der Waals surface area contributed by atoms with Crippen LogP contribution in [-0.2, 0) is 26.2 Å². The van der Waals surface area contributed by atoms with Crippen LogP contribution in [0.4, 0.5) is 0 Å². The fraction of sp³-hybridized carbons (Fsp3) is 1.00. The van der Waals surface area contributed by atoms with E-state index >= 15 is 0 Å². The summed E-state index contributed by atoms with van der Waals surface area (Å²) in [6.45, 7) is 2.59. The zero-order chi connectivity index (χ0) is 9.23. The fourth-order valence-corrected chi connectivity index (χ4v) is 1.31. The Hall–Kier alpha value is 0.539. The predicted molar refractivity (Wildman–Crippen MR) is 49.2 cm³/mol. The van der Waals surface area contributed by atoms with Crippen molar-refractivity contribution in [3.05, 3.63) is 0 Å². The van der Waals surface area contributed by atoms with Gasteiger partial charge >= 0.3 is 8.25 Å². The molecule has 0 fully saturated rings. The second-order valence-electron chi connectivity index (χ2n) is 2.84. The van der Waals surface area contributed by atoms with E-state index in [1.54, 1.807) is 0 Å². The van der Waals surface area contributed by atoms with Gasteiger partial charge in [-0.05, 0) is 6.42 Å². The minimum absolute atomic E-state index is 0.